The molecule has 1 aromatic heterocycles. The van der Waals surface area contributed by atoms with Crippen LogP contribution in [-0.2, 0) is 4.79 Å². The van der Waals surface area contributed by atoms with Crippen molar-refractivity contribution < 1.29 is 4.79 Å². The third kappa shape index (κ3) is 1.94. The quantitative estimate of drug-likeness (QED) is 0.663. The van der Waals surface area contributed by atoms with Gasteiger partial charge >= 0.3 is 0 Å². The minimum Gasteiger partial charge on any atom is -0.347 e. The molecular formula is C10H10N4O. The number of rotatable bonds is 1. The van der Waals surface area contributed by atoms with Gasteiger partial charge in [-0.1, -0.05) is 0 Å². The Morgan fingerprint density at radius 1 is 1.40 bits per heavy atom. The number of hydrogen-bond donors (Lipinski definition) is 0. The lowest BCUT2D eigenvalue weighted by Crippen LogP contribution is -2.36. The Kier molecular flexibility index (Phi) is 2.59. The monoisotopic (exact) mass is 202 g/mol. The van der Waals surface area contributed by atoms with E-state index in [0.717, 1.165) is 13.0 Å². The molecule has 5 heteroatoms. The third-order valence-electron chi connectivity index (χ3n) is 2.34. The van der Waals surface area contributed by atoms with E-state index < -0.39 is 0 Å². The summed E-state index contributed by atoms with van der Waals surface area (Å²) in [5.74, 6) is 0.712. The van der Waals surface area contributed by atoms with Crippen molar-refractivity contribution in [3.05, 3.63) is 18.1 Å². The Hall–Kier alpha value is -1.96. The number of Topliss-reactive ketones (excluding diaryl/α,β-unsaturated/α-hetero) is 1. The number of aromatic nitrogens is 2. The van der Waals surface area contributed by atoms with Gasteiger partial charge in [0.05, 0.1) is 6.54 Å². The van der Waals surface area contributed by atoms with E-state index in [1.165, 1.54) is 12.4 Å². The predicted octanol–water partition coefficient (Wildman–Crippen LogP) is 0.518. The molecule has 1 aliphatic heterocycles. The summed E-state index contributed by atoms with van der Waals surface area (Å²) >= 11 is 0. The van der Waals surface area contributed by atoms with Crippen LogP contribution in [0.1, 0.15) is 18.5 Å². The van der Waals surface area contributed by atoms with Gasteiger partial charge < -0.3 is 4.90 Å². The molecule has 0 bridgehead atoms. The van der Waals surface area contributed by atoms with E-state index >= 15 is 0 Å². The van der Waals surface area contributed by atoms with Crippen LogP contribution in [0.5, 0.6) is 0 Å². The zero-order chi connectivity index (χ0) is 10.7. The van der Waals surface area contributed by atoms with E-state index in [4.69, 9.17) is 5.26 Å². The number of nitriles is 1. The molecule has 0 aliphatic carbocycles. The first-order valence-electron chi connectivity index (χ1n) is 4.79. The standard InChI is InChI=1S/C10H10N4O/c11-6-9-10(13-4-3-12-9)14-5-1-2-8(15)7-14/h3-4H,1-2,5,7H2. The lowest BCUT2D eigenvalue weighted by atomic mass is 10.1. The summed E-state index contributed by atoms with van der Waals surface area (Å²) in [6.07, 6.45) is 4.46. The first kappa shape index (κ1) is 9.59. The second kappa shape index (κ2) is 4.05. The Labute approximate surface area is 87.4 Å². The zero-order valence-corrected chi connectivity index (χ0v) is 8.18. The maximum Gasteiger partial charge on any atom is 0.183 e. The maximum absolute atomic E-state index is 11.3. The van der Waals surface area contributed by atoms with Crippen molar-refractivity contribution in [3.8, 4) is 6.07 Å². The summed E-state index contributed by atoms with van der Waals surface area (Å²) < 4.78 is 0. The largest absolute Gasteiger partial charge is 0.347 e. The van der Waals surface area contributed by atoms with Crippen molar-refractivity contribution in [2.75, 3.05) is 18.0 Å². The molecule has 2 heterocycles. The van der Waals surface area contributed by atoms with Gasteiger partial charge in [0.25, 0.3) is 0 Å². The topological polar surface area (TPSA) is 69.9 Å². The molecule has 0 aromatic carbocycles. The summed E-state index contributed by atoms with van der Waals surface area (Å²) in [4.78, 5) is 21.1. The normalized spacial score (nSPS) is 16.2. The van der Waals surface area contributed by atoms with Gasteiger partial charge in [-0.2, -0.15) is 5.26 Å². The van der Waals surface area contributed by atoms with Crippen molar-refractivity contribution in [1.29, 1.82) is 5.26 Å². The fourth-order valence-electron chi connectivity index (χ4n) is 1.66. The smallest absolute Gasteiger partial charge is 0.183 e. The highest BCUT2D eigenvalue weighted by Crippen LogP contribution is 2.17. The molecule has 0 N–H and O–H groups in total. The summed E-state index contributed by atoms with van der Waals surface area (Å²) in [7, 11) is 0. The molecule has 1 saturated heterocycles. The first-order valence-corrected chi connectivity index (χ1v) is 4.79. The Bertz CT molecular complexity index is 424. The van der Waals surface area contributed by atoms with Crippen molar-refractivity contribution >= 4 is 11.6 Å². The van der Waals surface area contributed by atoms with Crippen LogP contribution < -0.4 is 4.90 Å². The SMILES string of the molecule is N#Cc1nccnc1N1CCCC(=O)C1. The summed E-state index contributed by atoms with van der Waals surface area (Å²) in [5.41, 5.74) is 0.284. The second-order valence-electron chi connectivity index (χ2n) is 3.40. The third-order valence-corrected chi connectivity index (χ3v) is 2.34. The van der Waals surface area contributed by atoms with E-state index in [1.807, 2.05) is 11.0 Å². The number of ketones is 1. The molecule has 1 fully saturated rings. The van der Waals surface area contributed by atoms with Crippen molar-refractivity contribution in [1.82, 2.24) is 9.97 Å². The van der Waals surface area contributed by atoms with Crippen LogP contribution in [0, 0.1) is 11.3 Å². The van der Waals surface area contributed by atoms with Gasteiger partial charge in [-0.25, -0.2) is 9.97 Å². The fraction of sp³-hybridized carbons (Fsp3) is 0.400. The highest BCUT2D eigenvalue weighted by atomic mass is 16.1. The number of carbonyl (C=O) groups is 1. The van der Waals surface area contributed by atoms with Crippen LogP contribution in [0.25, 0.3) is 0 Å². The summed E-state index contributed by atoms with van der Waals surface area (Å²) in [6, 6.07) is 1.98. The zero-order valence-electron chi connectivity index (χ0n) is 8.18. The molecular weight excluding hydrogens is 192 g/mol. The Morgan fingerprint density at radius 3 is 2.93 bits per heavy atom. The van der Waals surface area contributed by atoms with Crippen LogP contribution in [0.15, 0.2) is 12.4 Å². The van der Waals surface area contributed by atoms with E-state index in [9.17, 15) is 4.79 Å². The molecule has 2 rings (SSSR count). The van der Waals surface area contributed by atoms with Crippen molar-refractivity contribution in [2.24, 2.45) is 0 Å². The van der Waals surface area contributed by atoms with Gasteiger partial charge in [0.2, 0.25) is 0 Å². The number of nitrogens with zero attached hydrogens (tertiary/aromatic N) is 4. The molecule has 0 unspecified atom stereocenters. The molecule has 5 nitrogen and oxygen atoms in total. The number of anilines is 1. The van der Waals surface area contributed by atoms with Gasteiger partial charge in [0.1, 0.15) is 6.07 Å². The molecule has 1 aliphatic rings. The molecule has 0 amide bonds. The minimum absolute atomic E-state index is 0.191. The van der Waals surface area contributed by atoms with Gasteiger partial charge in [-0.05, 0) is 6.42 Å². The predicted molar refractivity (Wildman–Crippen MR) is 53.2 cm³/mol. The van der Waals surface area contributed by atoms with Crippen LogP contribution in [0.3, 0.4) is 0 Å². The maximum atomic E-state index is 11.3. The molecule has 15 heavy (non-hydrogen) atoms. The van der Waals surface area contributed by atoms with Gasteiger partial charge in [0, 0.05) is 25.4 Å². The highest BCUT2D eigenvalue weighted by Gasteiger charge is 2.20. The molecule has 1 aromatic rings. The van der Waals surface area contributed by atoms with Crippen molar-refractivity contribution in [2.45, 2.75) is 12.8 Å². The van der Waals surface area contributed by atoms with E-state index in [2.05, 4.69) is 9.97 Å². The molecule has 0 atom stereocenters. The first-order chi connectivity index (χ1) is 7.31. The lowest BCUT2D eigenvalue weighted by Gasteiger charge is -2.26. The van der Waals surface area contributed by atoms with E-state index in [-0.39, 0.29) is 11.5 Å². The molecule has 0 spiro atoms. The van der Waals surface area contributed by atoms with E-state index in [1.54, 1.807) is 0 Å². The summed E-state index contributed by atoms with van der Waals surface area (Å²) in [5, 5.41) is 8.85. The van der Waals surface area contributed by atoms with Gasteiger partial charge in [-0.3, -0.25) is 4.79 Å². The van der Waals surface area contributed by atoms with Gasteiger partial charge in [-0.15, -0.1) is 0 Å². The van der Waals surface area contributed by atoms with Gasteiger partial charge in [0.15, 0.2) is 17.3 Å². The van der Waals surface area contributed by atoms with Crippen LogP contribution in [0.4, 0.5) is 5.82 Å². The van der Waals surface area contributed by atoms with Crippen LogP contribution >= 0.6 is 0 Å². The number of hydrogen-bond acceptors (Lipinski definition) is 5. The molecule has 76 valence electrons. The molecule has 0 radical (unpaired) electrons. The Morgan fingerprint density at radius 2 is 2.20 bits per heavy atom. The van der Waals surface area contributed by atoms with Crippen LogP contribution in [0.2, 0.25) is 0 Å². The fourth-order valence-corrected chi connectivity index (χ4v) is 1.66. The minimum atomic E-state index is 0.191. The average Bonchev–Trinajstić information content (AvgIpc) is 2.29. The van der Waals surface area contributed by atoms with E-state index in [0.29, 0.717) is 18.8 Å². The number of carbonyl (C=O) groups excluding carboxylic acids is 1. The van der Waals surface area contributed by atoms with Crippen molar-refractivity contribution in [3.63, 3.8) is 0 Å². The second-order valence-corrected chi connectivity index (χ2v) is 3.40. The summed E-state index contributed by atoms with van der Waals surface area (Å²) in [6.45, 7) is 1.10. The Balaban J connectivity index is 2.29. The van der Waals surface area contributed by atoms with Crippen LogP contribution in [-0.4, -0.2) is 28.8 Å². The molecule has 0 saturated carbocycles. The lowest BCUT2D eigenvalue weighted by molar-refractivity contribution is -0.118. The highest BCUT2D eigenvalue weighted by molar-refractivity contribution is 5.84. The number of piperidine rings is 1. The average molecular weight is 202 g/mol.